The summed E-state index contributed by atoms with van der Waals surface area (Å²) in [6.45, 7) is 2.18. The summed E-state index contributed by atoms with van der Waals surface area (Å²) in [5.74, 6) is 1.24. The van der Waals surface area contributed by atoms with Crippen molar-refractivity contribution in [2.75, 3.05) is 7.11 Å². The Morgan fingerprint density at radius 3 is 2.67 bits per heavy atom. The number of hydrogen-bond acceptors (Lipinski definition) is 3. The normalized spacial score (nSPS) is 18.3. The van der Waals surface area contributed by atoms with Crippen LogP contribution in [0.2, 0.25) is 0 Å². The number of fused-ring (bicyclic) bond motifs is 1. The van der Waals surface area contributed by atoms with Crippen molar-refractivity contribution < 1.29 is 9.84 Å². The van der Waals surface area contributed by atoms with Crippen LogP contribution >= 0.6 is 0 Å². The number of hydrogen-bond donors (Lipinski definition) is 2. The third-order valence-electron chi connectivity index (χ3n) is 4.27. The molecule has 3 heteroatoms. The lowest BCUT2D eigenvalue weighted by Crippen LogP contribution is -2.22. The zero-order valence-electron chi connectivity index (χ0n) is 12.5. The minimum Gasteiger partial charge on any atom is -0.508 e. The summed E-state index contributed by atoms with van der Waals surface area (Å²) >= 11 is 0. The Morgan fingerprint density at radius 2 is 1.95 bits per heavy atom. The molecule has 0 bridgehead atoms. The molecule has 3 rings (SSSR count). The predicted octanol–water partition coefficient (Wildman–Crippen LogP) is 3.74. The Labute approximate surface area is 125 Å². The standard InChI is InChI=1S/C18H21NO2/c1-12(13-3-7-16(21-2)8-4-13)19-18-10-5-14-11-15(20)6-9-17(14)18/h3-4,6-9,11-12,18-20H,5,10H2,1-2H3/t12-,18?/m0/s1. The van der Waals surface area contributed by atoms with Gasteiger partial charge in [0, 0.05) is 12.1 Å². The van der Waals surface area contributed by atoms with Crippen LogP contribution in [0.3, 0.4) is 0 Å². The molecule has 0 aromatic heterocycles. The molecule has 0 radical (unpaired) electrons. The SMILES string of the molecule is COc1ccc([C@H](C)NC2CCc3cc(O)ccc32)cc1. The summed E-state index contributed by atoms with van der Waals surface area (Å²) in [6, 6.07) is 14.5. The van der Waals surface area contributed by atoms with Crippen LogP contribution in [0.15, 0.2) is 42.5 Å². The largest absolute Gasteiger partial charge is 0.508 e. The lowest BCUT2D eigenvalue weighted by atomic mass is 10.0. The van der Waals surface area contributed by atoms with E-state index in [9.17, 15) is 5.11 Å². The third-order valence-corrected chi connectivity index (χ3v) is 4.27. The number of nitrogens with one attached hydrogen (secondary N) is 1. The molecule has 21 heavy (non-hydrogen) atoms. The Morgan fingerprint density at radius 1 is 1.19 bits per heavy atom. The van der Waals surface area contributed by atoms with Gasteiger partial charge >= 0.3 is 0 Å². The van der Waals surface area contributed by atoms with Gasteiger partial charge in [-0.3, -0.25) is 0 Å². The van der Waals surface area contributed by atoms with Crippen molar-refractivity contribution in [1.82, 2.24) is 5.32 Å². The second kappa shape index (κ2) is 5.78. The van der Waals surface area contributed by atoms with Gasteiger partial charge in [0.1, 0.15) is 11.5 Å². The van der Waals surface area contributed by atoms with Gasteiger partial charge in [-0.15, -0.1) is 0 Å². The van der Waals surface area contributed by atoms with Crippen molar-refractivity contribution in [2.24, 2.45) is 0 Å². The zero-order chi connectivity index (χ0) is 14.8. The number of benzene rings is 2. The highest BCUT2D eigenvalue weighted by atomic mass is 16.5. The van der Waals surface area contributed by atoms with Crippen LogP contribution in [0.4, 0.5) is 0 Å². The van der Waals surface area contributed by atoms with Gasteiger partial charge in [-0.05, 0) is 60.7 Å². The molecule has 0 saturated carbocycles. The van der Waals surface area contributed by atoms with Crippen molar-refractivity contribution in [1.29, 1.82) is 0 Å². The second-order valence-electron chi connectivity index (χ2n) is 5.64. The van der Waals surface area contributed by atoms with Crippen LogP contribution in [0.1, 0.15) is 42.1 Å². The molecule has 3 nitrogen and oxygen atoms in total. The molecule has 1 aliphatic rings. The average molecular weight is 283 g/mol. The lowest BCUT2D eigenvalue weighted by molar-refractivity contribution is 0.414. The van der Waals surface area contributed by atoms with Gasteiger partial charge in [-0.2, -0.15) is 0 Å². The van der Waals surface area contributed by atoms with Crippen molar-refractivity contribution in [3.05, 3.63) is 59.2 Å². The molecule has 0 fully saturated rings. The quantitative estimate of drug-likeness (QED) is 0.898. The Balaban J connectivity index is 1.72. The van der Waals surface area contributed by atoms with Gasteiger partial charge in [0.15, 0.2) is 0 Å². The molecule has 2 N–H and O–H groups in total. The van der Waals surface area contributed by atoms with Crippen LogP contribution in [-0.4, -0.2) is 12.2 Å². The molecule has 110 valence electrons. The molecule has 0 spiro atoms. The van der Waals surface area contributed by atoms with Crippen molar-refractivity contribution in [3.8, 4) is 11.5 Å². The molecular formula is C18H21NO2. The first-order chi connectivity index (χ1) is 10.2. The number of phenolic OH excluding ortho intramolecular Hbond substituents is 1. The smallest absolute Gasteiger partial charge is 0.118 e. The van der Waals surface area contributed by atoms with Crippen LogP contribution in [0, 0.1) is 0 Å². The van der Waals surface area contributed by atoms with E-state index in [2.05, 4.69) is 24.4 Å². The van der Waals surface area contributed by atoms with E-state index >= 15 is 0 Å². The van der Waals surface area contributed by atoms with E-state index in [1.54, 1.807) is 13.2 Å². The average Bonchev–Trinajstić information content (AvgIpc) is 2.89. The Bertz CT molecular complexity index is 622. The predicted molar refractivity (Wildman–Crippen MR) is 83.7 cm³/mol. The fraction of sp³-hybridized carbons (Fsp3) is 0.333. The van der Waals surface area contributed by atoms with Crippen LogP contribution in [0.5, 0.6) is 11.5 Å². The van der Waals surface area contributed by atoms with E-state index in [-0.39, 0.29) is 6.04 Å². The molecule has 0 saturated heterocycles. The maximum atomic E-state index is 9.56. The molecule has 0 heterocycles. The first-order valence-electron chi connectivity index (χ1n) is 7.39. The van der Waals surface area contributed by atoms with Gasteiger partial charge in [-0.1, -0.05) is 18.2 Å². The number of aromatic hydroxyl groups is 1. The first-order valence-corrected chi connectivity index (χ1v) is 7.39. The molecular weight excluding hydrogens is 262 g/mol. The summed E-state index contributed by atoms with van der Waals surface area (Å²) in [7, 11) is 1.68. The second-order valence-corrected chi connectivity index (χ2v) is 5.64. The van der Waals surface area contributed by atoms with Crippen LogP contribution in [-0.2, 0) is 6.42 Å². The van der Waals surface area contributed by atoms with Gasteiger partial charge in [0.05, 0.1) is 7.11 Å². The van der Waals surface area contributed by atoms with Crippen LogP contribution in [0.25, 0.3) is 0 Å². The number of methoxy groups -OCH3 is 1. The fourth-order valence-corrected chi connectivity index (χ4v) is 3.07. The fourth-order valence-electron chi connectivity index (χ4n) is 3.07. The summed E-state index contributed by atoms with van der Waals surface area (Å²) in [5.41, 5.74) is 3.82. The maximum absolute atomic E-state index is 9.56. The van der Waals surface area contributed by atoms with E-state index in [1.807, 2.05) is 24.3 Å². The van der Waals surface area contributed by atoms with Crippen molar-refractivity contribution in [2.45, 2.75) is 31.8 Å². The van der Waals surface area contributed by atoms with E-state index < -0.39 is 0 Å². The van der Waals surface area contributed by atoms with Gasteiger partial charge in [-0.25, -0.2) is 0 Å². The number of ether oxygens (including phenoxy) is 1. The number of aryl methyl sites for hydroxylation is 1. The molecule has 2 aromatic rings. The Hall–Kier alpha value is -2.00. The highest BCUT2D eigenvalue weighted by molar-refractivity contribution is 5.40. The minimum absolute atomic E-state index is 0.278. The lowest BCUT2D eigenvalue weighted by Gasteiger charge is -2.21. The van der Waals surface area contributed by atoms with E-state index in [1.165, 1.54) is 16.7 Å². The summed E-state index contributed by atoms with van der Waals surface area (Å²) in [5, 5.41) is 13.2. The molecule has 0 amide bonds. The highest BCUT2D eigenvalue weighted by Gasteiger charge is 2.24. The molecule has 1 aliphatic carbocycles. The zero-order valence-corrected chi connectivity index (χ0v) is 12.5. The van der Waals surface area contributed by atoms with Gasteiger partial charge in [0.2, 0.25) is 0 Å². The summed E-state index contributed by atoms with van der Waals surface area (Å²) in [4.78, 5) is 0. The van der Waals surface area contributed by atoms with E-state index in [4.69, 9.17) is 4.74 Å². The third kappa shape index (κ3) is 2.88. The molecule has 2 atom stereocenters. The number of rotatable bonds is 4. The summed E-state index contributed by atoms with van der Waals surface area (Å²) < 4.78 is 5.20. The maximum Gasteiger partial charge on any atom is 0.118 e. The first kappa shape index (κ1) is 14.0. The summed E-state index contributed by atoms with van der Waals surface area (Å²) in [6.07, 6.45) is 2.11. The monoisotopic (exact) mass is 283 g/mol. The molecule has 2 aromatic carbocycles. The topological polar surface area (TPSA) is 41.5 Å². The minimum atomic E-state index is 0.278. The van der Waals surface area contributed by atoms with Crippen molar-refractivity contribution in [3.63, 3.8) is 0 Å². The van der Waals surface area contributed by atoms with E-state index in [0.29, 0.717) is 11.8 Å². The van der Waals surface area contributed by atoms with Crippen LogP contribution < -0.4 is 10.1 Å². The highest BCUT2D eigenvalue weighted by Crippen LogP contribution is 2.35. The molecule has 0 aliphatic heterocycles. The molecule has 1 unspecified atom stereocenters. The van der Waals surface area contributed by atoms with Gasteiger partial charge < -0.3 is 15.2 Å². The van der Waals surface area contributed by atoms with Crippen molar-refractivity contribution >= 4 is 0 Å². The van der Waals surface area contributed by atoms with E-state index in [0.717, 1.165) is 18.6 Å². The Kier molecular flexibility index (Phi) is 3.84. The number of phenols is 1. The van der Waals surface area contributed by atoms with Gasteiger partial charge in [0.25, 0.3) is 0 Å².